The number of unbranched alkanes of at least 4 members (excludes halogenated alkanes) is 3. The van der Waals surface area contributed by atoms with Gasteiger partial charge in [-0.3, -0.25) is 0 Å². The Morgan fingerprint density at radius 2 is 1.72 bits per heavy atom. The lowest BCUT2D eigenvalue weighted by molar-refractivity contribution is 0.0971. The molecule has 0 saturated carbocycles. The molecule has 0 aliphatic rings. The number of rotatable bonds is 10. The van der Waals surface area contributed by atoms with Gasteiger partial charge in [-0.15, -0.1) is 0 Å². The van der Waals surface area contributed by atoms with E-state index in [-0.39, 0.29) is 0 Å². The monoisotopic (exact) mass is 251 g/mol. The largest absolute Gasteiger partial charge is 0.491 e. The smallest absolute Gasteiger partial charge is 0.119 e. The van der Waals surface area contributed by atoms with Gasteiger partial charge >= 0.3 is 0 Å². The van der Waals surface area contributed by atoms with Crippen molar-refractivity contribution in [3.05, 3.63) is 29.8 Å². The van der Waals surface area contributed by atoms with Crippen molar-refractivity contribution in [2.45, 2.75) is 39.2 Å². The van der Waals surface area contributed by atoms with Gasteiger partial charge in [0.2, 0.25) is 0 Å². The van der Waals surface area contributed by atoms with E-state index in [2.05, 4.69) is 6.92 Å². The molecule has 18 heavy (non-hydrogen) atoms. The Kier molecular flexibility index (Phi) is 8.26. The number of benzene rings is 1. The van der Waals surface area contributed by atoms with Gasteiger partial charge in [-0.05, 0) is 24.1 Å². The number of hydrogen-bond donors (Lipinski definition) is 1. The summed E-state index contributed by atoms with van der Waals surface area (Å²) in [7, 11) is 0. The lowest BCUT2D eigenvalue weighted by Gasteiger charge is -2.07. The van der Waals surface area contributed by atoms with Crippen LogP contribution in [0, 0.1) is 0 Å². The maximum absolute atomic E-state index is 5.57. The van der Waals surface area contributed by atoms with Crippen LogP contribution >= 0.6 is 0 Å². The van der Waals surface area contributed by atoms with Crippen LogP contribution in [0.4, 0.5) is 0 Å². The van der Waals surface area contributed by atoms with Gasteiger partial charge in [0.25, 0.3) is 0 Å². The zero-order valence-electron chi connectivity index (χ0n) is 11.4. The fourth-order valence-corrected chi connectivity index (χ4v) is 1.67. The van der Waals surface area contributed by atoms with Gasteiger partial charge < -0.3 is 15.2 Å². The predicted octanol–water partition coefficient (Wildman–Crippen LogP) is 3.12. The van der Waals surface area contributed by atoms with Crippen molar-refractivity contribution in [3.8, 4) is 5.75 Å². The molecular weight excluding hydrogens is 226 g/mol. The quantitative estimate of drug-likeness (QED) is 0.650. The average molecular weight is 251 g/mol. The Bertz CT molecular complexity index is 298. The first-order valence-corrected chi connectivity index (χ1v) is 6.86. The third-order valence-corrected chi connectivity index (χ3v) is 2.80. The molecule has 0 radical (unpaired) electrons. The summed E-state index contributed by atoms with van der Waals surface area (Å²) in [5.74, 6) is 0.877. The number of ether oxygens (including phenoxy) is 2. The molecule has 3 nitrogen and oxygen atoms in total. The second-order valence-corrected chi connectivity index (χ2v) is 4.37. The molecule has 102 valence electrons. The lowest BCUT2D eigenvalue weighted by atomic mass is 10.2. The van der Waals surface area contributed by atoms with E-state index in [1.165, 1.54) is 19.3 Å². The molecule has 0 unspecified atom stereocenters. The van der Waals surface area contributed by atoms with E-state index >= 15 is 0 Å². The normalized spacial score (nSPS) is 10.6. The van der Waals surface area contributed by atoms with Crippen LogP contribution in [0.2, 0.25) is 0 Å². The van der Waals surface area contributed by atoms with E-state index in [0.717, 1.165) is 24.3 Å². The van der Waals surface area contributed by atoms with Crippen LogP contribution in [-0.4, -0.2) is 19.8 Å². The molecule has 0 saturated heterocycles. The molecule has 0 heterocycles. The molecule has 2 N–H and O–H groups in total. The first-order valence-electron chi connectivity index (χ1n) is 6.86. The van der Waals surface area contributed by atoms with Crippen molar-refractivity contribution in [2.75, 3.05) is 19.8 Å². The first-order chi connectivity index (χ1) is 8.86. The maximum Gasteiger partial charge on any atom is 0.119 e. The third-order valence-electron chi connectivity index (χ3n) is 2.80. The van der Waals surface area contributed by atoms with E-state index < -0.39 is 0 Å². The topological polar surface area (TPSA) is 44.5 Å². The Morgan fingerprint density at radius 1 is 0.944 bits per heavy atom. The number of nitrogens with two attached hydrogens (primary N) is 1. The highest BCUT2D eigenvalue weighted by atomic mass is 16.5. The molecular formula is C15H25NO2. The van der Waals surface area contributed by atoms with Crippen LogP contribution in [0.15, 0.2) is 24.3 Å². The van der Waals surface area contributed by atoms with Crippen LogP contribution in [0.3, 0.4) is 0 Å². The fraction of sp³-hybridized carbons (Fsp3) is 0.600. The Morgan fingerprint density at radius 3 is 2.39 bits per heavy atom. The highest BCUT2D eigenvalue weighted by Gasteiger charge is 1.95. The standard InChI is InChI=1S/C15H25NO2/c1-2-3-4-5-10-17-11-12-18-15-8-6-14(13-16)7-9-15/h6-9H,2-5,10-13,16H2,1H3. The van der Waals surface area contributed by atoms with Crippen molar-refractivity contribution < 1.29 is 9.47 Å². The van der Waals surface area contributed by atoms with Crippen molar-refractivity contribution in [3.63, 3.8) is 0 Å². The van der Waals surface area contributed by atoms with Crippen molar-refractivity contribution >= 4 is 0 Å². The van der Waals surface area contributed by atoms with E-state index in [9.17, 15) is 0 Å². The summed E-state index contributed by atoms with van der Waals surface area (Å²) < 4.78 is 11.1. The minimum atomic E-state index is 0.571. The first kappa shape index (κ1) is 15.0. The summed E-state index contributed by atoms with van der Waals surface area (Å²) in [6.45, 7) is 4.89. The zero-order chi connectivity index (χ0) is 13.1. The van der Waals surface area contributed by atoms with Gasteiger partial charge in [0.05, 0.1) is 6.61 Å². The second kappa shape index (κ2) is 9.92. The van der Waals surface area contributed by atoms with Gasteiger partial charge in [0, 0.05) is 13.2 Å². The molecule has 0 aliphatic heterocycles. The minimum Gasteiger partial charge on any atom is -0.491 e. The van der Waals surface area contributed by atoms with Gasteiger partial charge in [-0.25, -0.2) is 0 Å². The highest BCUT2D eigenvalue weighted by molar-refractivity contribution is 5.26. The Labute approximate surface area is 110 Å². The van der Waals surface area contributed by atoms with Crippen LogP contribution in [0.25, 0.3) is 0 Å². The van der Waals surface area contributed by atoms with E-state index in [0.29, 0.717) is 19.8 Å². The van der Waals surface area contributed by atoms with Crippen LogP contribution in [-0.2, 0) is 11.3 Å². The van der Waals surface area contributed by atoms with Crippen LogP contribution < -0.4 is 10.5 Å². The average Bonchev–Trinajstić information content (AvgIpc) is 2.42. The third kappa shape index (κ3) is 6.62. The molecule has 1 aromatic rings. The summed E-state index contributed by atoms with van der Waals surface area (Å²) in [6.07, 6.45) is 4.98. The Hall–Kier alpha value is -1.06. The van der Waals surface area contributed by atoms with Crippen LogP contribution in [0.1, 0.15) is 38.2 Å². The summed E-state index contributed by atoms with van der Waals surface area (Å²) in [4.78, 5) is 0. The molecule has 0 atom stereocenters. The molecule has 0 bridgehead atoms. The maximum atomic E-state index is 5.57. The van der Waals surface area contributed by atoms with Crippen molar-refractivity contribution in [2.24, 2.45) is 5.73 Å². The van der Waals surface area contributed by atoms with Crippen molar-refractivity contribution in [1.82, 2.24) is 0 Å². The van der Waals surface area contributed by atoms with Gasteiger partial charge in [-0.2, -0.15) is 0 Å². The molecule has 1 aromatic carbocycles. The van der Waals surface area contributed by atoms with E-state index in [1.807, 2.05) is 24.3 Å². The molecule has 1 rings (SSSR count). The molecule has 0 fully saturated rings. The SMILES string of the molecule is CCCCCCOCCOc1ccc(CN)cc1. The fourth-order valence-electron chi connectivity index (χ4n) is 1.67. The minimum absolute atomic E-state index is 0.571. The van der Waals surface area contributed by atoms with Crippen molar-refractivity contribution in [1.29, 1.82) is 0 Å². The van der Waals surface area contributed by atoms with E-state index in [4.69, 9.17) is 15.2 Å². The van der Waals surface area contributed by atoms with E-state index in [1.54, 1.807) is 0 Å². The molecule has 0 aliphatic carbocycles. The summed E-state index contributed by atoms with van der Waals surface area (Å²) >= 11 is 0. The van der Waals surface area contributed by atoms with Crippen LogP contribution in [0.5, 0.6) is 5.75 Å². The molecule has 0 aromatic heterocycles. The second-order valence-electron chi connectivity index (χ2n) is 4.37. The molecule has 0 spiro atoms. The molecule has 3 heteroatoms. The number of hydrogen-bond acceptors (Lipinski definition) is 3. The Balaban J connectivity index is 2.00. The summed E-state index contributed by atoms with van der Waals surface area (Å²) in [6, 6.07) is 7.87. The summed E-state index contributed by atoms with van der Waals surface area (Å²) in [5.41, 5.74) is 6.65. The zero-order valence-corrected chi connectivity index (χ0v) is 11.4. The predicted molar refractivity (Wildman–Crippen MR) is 74.8 cm³/mol. The molecule has 0 amide bonds. The lowest BCUT2D eigenvalue weighted by Crippen LogP contribution is -2.07. The summed E-state index contributed by atoms with van der Waals surface area (Å²) in [5, 5.41) is 0. The van der Waals surface area contributed by atoms with Gasteiger partial charge in [0.15, 0.2) is 0 Å². The highest BCUT2D eigenvalue weighted by Crippen LogP contribution is 2.11. The van der Waals surface area contributed by atoms with Gasteiger partial charge in [-0.1, -0.05) is 38.3 Å². The van der Waals surface area contributed by atoms with Gasteiger partial charge in [0.1, 0.15) is 12.4 Å².